The third kappa shape index (κ3) is 2.37. The summed E-state index contributed by atoms with van der Waals surface area (Å²) in [6.07, 6.45) is 0. The van der Waals surface area contributed by atoms with Crippen LogP contribution in [-0.2, 0) is 7.05 Å². The van der Waals surface area contributed by atoms with Gasteiger partial charge in [-0.15, -0.1) is 12.4 Å². The Bertz CT molecular complexity index is 879. The van der Waals surface area contributed by atoms with E-state index in [1.54, 1.807) is 16.7 Å². The number of H-pyrrole nitrogens is 2. The van der Waals surface area contributed by atoms with Crippen LogP contribution in [0.3, 0.4) is 0 Å². The average molecular weight is 329 g/mol. The molecule has 0 bridgehead atoms. The van der Waals surface area contributed by atoms with Crippen LogP contribution >= 0.6 is 36.2 Å². The Morgan fingerprint density at radius 3 is 2.55 bits per heavy atom. The van der Waals surface area contributed by atoms with Crippen molar-refractivity contribution in [3.8, 4) is 11.4 Å². The largest absolute Gasteiger partial charge is 0.316 e. The van der Waals surface area contributed by atoms with Crippen molar-refractivity contribution in [2.24, 2.45) is 7.05 Å². The minimum absolute atomic E-state index is 0. The van der Waals surface area contributed by atoms with Gasteiger partial charge in [-0.3, -0.25) is 9.78 Å². The van der Waals surface area contributed by atoms with Crippen molar-refractivity contribution in [2.75, 3.05) is 0 Å². The molecular formula is C12H10Cl2N4OS. The molecule has 0 amide bonds. The summed E-state index contributed by atoms with van der Waals surface area (Å²) >= 11 is 10.8. The molecule has 1 aromatic carbocycles. The van der Waals surface area contributed by atoms with E-state index >= 15 is 0 Å². The summed E-state index contributed by atoms with van der Waals surface area (Å²) in [5, 5.41) is 0.653. The van der Waals surface area contributed by atoms with Gasteiger partial charge in [0.1, 0.15) is 11.5 Å². The Morgan fingerprint density at radius 1 is 1.25 bits per heavy atom. The van der Waals surface area contributed by atoms with Crippen LogP contribution in [0.1, 0.15) is 0 Å². The molecule has 0 atom stereocenters. The van der Waals surface area contributed by atoms with Gasteiger partial charge < -0.3 is 9.55 Å². The van der Waals surface area contributed by atoms with Gasteiger partial charge in [0.25, 0.3) is 5.56 Å². The molecule has 0 saturated heterocycles. The number of hydrogen-bond acceptors (Lipinski definition) is 3. The van der Waals surface area contributed by atoms with Crippen molar-refractivity contribution < 1.29 is 0 Å². The number of nitrogens with one attached hydrogen (secondary N) is 2. The number of benzene rings is 1. The predicted octanol–water partition coefficient (Wildman–Crippen LogP) is 3.06. The second kappa shape index (κ2) is 5.40. The lowest BCUT2D eigenvalue weighted by Gasteiger charge is -2.02. The van der Waals surface area contributed by atoms with Crippen LogP contribution in [0.15, 0.2) is 29.1 Å². The minimum atomic E-state index is -0.297. The number of aromatic nitrogens is 4. The molecule has 2 aromatic heterocycles. The van der Waals surface area contributed by atoms with Crippen LogP contribution in [0.2, 0.25) is 5.02 Å². The van der Waals surface area contributed by atoms with E-state index < -0.39 is 0 Å². The Morgan fingerprint density at radius 2 is 1.90 bits per heavy atom. The maximum atomic E-state index is 11.8. The number of fused-ring (bicyclic) bond motifs is 1. The van der Waals surface area contributed by atoms with Crippen LogP contribution in [0.4, 0.5) is 0 Å². The van der Waals surface area contributed by atoms with Gasteiger partial charge in [-0.2, -0.15) is 0 Å². The zero-order valence-corrected chi connectivity index (χ0v) is 12.7. The molecule has 0 saturated carbocycles. The molecule has 2 heterocycles. The number of aromatic amines is 2. The maximum absolute atomic E-state index is 11.8. The quantitative estimate of drug-likeness (QED) is 0.674. The Hall–Kier alpha value is -1.63. The topological polar surface area (TPSA) is 66.5 Å². The Labute approximate surface area is 130 Å². The molecule has 3 rings (SSSR count). The van der Waals surface area contributed by atoms with Crippen LogP contribution in [0, 0.1) is 4.77 Å². The normalized spacial score (nSPS) is 10.5. The smallest absolute Gasteiger partial charge is 0.279 e. The van der Waals surface area contributed by atoms with Crippen molar-refractivity contribution in [1.82, 2.24) is 19.5 Å². The molecule has 0 aliphatic heterocycles. The first-order valence-electron chi connectivity index (χ1n) is 5.51. The summed E-state index contributed by atoms with van der Waals surface area (Å²) in [4.78, 5) is 21.6. The van der Waals surface area contributed by atoms with Crippen molar-refractivity contribution in [3.63, 3.8) is 0 Å². The molecule has 0 unspecified atom stereocenters. The van der Waals surface area contributed by atoms with Crippen molar-refractivity contribution in [3.05, 3.63) is 44.4 Å². The molecule has 5 nitrogen and oxygen atoms in total. The standard InChI is InChI=1S/C12H9ClN4OS.ClH/c1-17-9(6-2-4-7(13)5-3-6)14-8-10(17)15-12(19)16-11(8)18;/h2-5H,1H3,(H2,15,16,18,19);1H. The number of imidazole rings is 1. The Balaban J connectivity index is 0.00000147. The summed E-state index contributed by atoms with van der Waals surface area (Å²) in [5.41, 5.74) is 1.51. The highest BCUT2D eigenvalue weighted by Crippen LogP contribution is 2.22. The molecule has 3 aromatic rings. The van der Waals surface area contributed by atoms with Gasteiger partial charge in [-0.25, -0.2) is 4.98 Å². The van der Waals surface area contributed by atoms with Gasteiger partial charge in [0, 0.05) is 17.6 Å². The number of halogens is 2. The van der Waals surface area contributed by atoms with Crippen molar-refractivity contribution in [1.29, 1.82) is 0 Å². The zero-order valence-electron chi connectivity index (χ0n) is 10.3. The van der Waals surface area contributed by atoms with E-state index in [0.717, 1.165) is 5.56 Å². The monoisotopic (exact) mass is 328 g/mol. The van der Waals surface area contributed by atoms with Gasteiger partial charge in [0.05, 0.1) is 0 Å². The van der Waals surface area contributed by atoms with E-state index in [0.29, 0.717) is 22.0 Å². The number of hydrogen-bond donors (Lipinski definition) is 2. The summed E-state index contributed by atoms with van der Waals surface area (Å²) in [6.45, 7) is 0. The Kier molecular flexibility index (Phi) is 3.99. The average Bonchev–Trinajstić information content (AvgIpc) is 2.69. The first kappa shape index (κ1) is 14.8. The molecule has 0 fully saturated rings. The lowest BCUT2D eigenvalue weighted by Crippen LogP contribution is -2.08. The SMILES string of the molecule is Cl.Cn1c(-c2ccc(Cl)cc2)nc2c(=O)[nH]c(=S)[nH]c21. The second-order valence-electron chi connectivity index (χ2n) is 4.11. The molecular weight excluding hydrogens is 319 g/mol. The molecule has 0 radical (unpaired) electrons. The number of nitrogens with zero attached hydrogens (tertiary/aromatic N) is 2. The molecule has 2 N–H and O–H groups in total. The van der Waals surface area contributed by atoms with Crippen LogP contribution < -0.4 is 5.56 Å². The third-order valence-electron chi connectivity index (χ3n) is 2.87. The van der Waals surface area contributed by atoms with E-state index in [1.807, 2.05) is 19.2 Å². The highest BCUT2D eigenvalue weighted by atomic mass is 35.5. The van der Waals surface area contributed by atoms with Crippen LogP contribution in [0.25, 0.3) is 22.6 Å². The number of aryl methyl sites for hydroxylation is 1. The molecule has 0 aliphatic rings. The highest BCUT2D eigenvalue weighted by molar-refractivity contribution is 7.71. The maximum Gasteiger partial charge on any atom is 0.279 e. The fraction of sp³-hybridized carbons (Fsp3) is 0.0833. The van der Waals surface area contributed by atoms with Crippen LogP contribution in [0.5, 0.6) is 0 Å². The lowest BCUT2D eigenvalue weighted by molar-refractivity contribution is 0.935. The summed E-state index contributed by atoms with van der Waals surface area (Å²) in [7, 11) is 1.82. The third-order valence-corrected chi connectivity index (χ3v) is 3.33. The van der Waals surface area contributed by atoms with Crippen molar-refractivity contribution in [2.45, 2.75) is 0 Å². The van der Waals surface area contributed by atoms with E-state index in [-0.39, 0.29) is 22.7 Å². The van der Waals surface area contributed by atoms with E-state index in [4.69, 9.17) is 23.8 Å². The van der Waals surface area contributed by atoms with Crippen LogP contribution in [-0.4, -0.2) is 19.5 Å². The molecule has 0 aliphatic carbocycles. The van der Waals surface area contributed by atoms with Gasteiger partial charge >= 0.3 is 0 Å². The molecule has 8 heteroatoms. The fourth-order valence-corrected chi connectivity index (χ4v) is 2.27. The fourth-order valence-electron chi connectivity index (χ4n) is 1.96. The molecule has 104 valence electrons. The van der Waals surface area contributed by atoms with E-state index in [1.165, 1.54) is 0 Å². The summed E-state index contributed by atoms with van der Waals surface area (Å²) < 4.78 is 2.08. The molecule has 0 spiro atoms. The van der Waals surface area contributed by atoms with E-state index in [9.17, 15) is 4.79 Å². The van der Waals surface area contributed by atoms with Gasteiger partial charge in [0.15, 0.2) is 10.3 Å². The highest BCUT2D eigenvalue weighted by Gasteiger charge is 2.12. The van der Waals surface area contributed by atoms with Gasteiger partial charge in [-0.05, 0) is 36.5 Å². The first-order chi connectivity index (χ1) is 9.06. The van der Waals surface area contributed by atoms with Crippen molar-refractivity contribution >= 4 is 47.4 Å². The predicted molar refractivity (Wildman–Crippen MR) is 84.2 cm³/mol. The first-order valence-corrected chi connectivity index (χ1v) is 6.30. The molecule has 20 heavy (non-hydrogen) atoms. The second-order valence-corrected chi connectivity index (χ2v) is 4.95. The summed E-state index contributed by atoms with van der Waals surface area (Å²) in [6, 6.07) is 7.27. The summed E-state index contributed by atoms with van der Waals surface area (Å²) in [5.74, 6) is 0.675. The lowest BCUT2D eigenvalue weighted by atomic mass is 10.2. The van der Waals surface area contributed by atoms with Gasteiger partial charge in [0.2, 0.25) is 0 Å². The minimum Gasteiger partial charge on any atom is -0.316 e. The number of rotatable bonds is 1. The van der Waals surface area contributed by atoms with E-state index in [2.05, 4.69) is 15.0 Å². The zero-order chi connectivity index (χ0) is 13.6. The van der Waals surface area contributed by atoms with Gasteiger partial charge in [-0.1, -0.05) is 11.6 Å².